The molecule has 0 radical (unpaired) electrons. The van der Waals surface area contributed by atoms with Crippen LogP contribution in [0.25, 0.3) is 10.8 Å². The molecule has 0 unspecified atom stereocenters. The maximum Gasteiger partial charge on any atom is 0.131 e. The van der Waals surface area contributed by atoms with E-state index in [9.17, 15) is 0 Å². The number of benzene rings is 3. The molecule has 0 saturated heterocycles. The number of hydrogen-bond donors (Lipinski definition) is 1. The molecule has 2 N–H and O–H groups in total. The Morgan fingerprint density at radius 1 is 0.952 bits per heavy atom. The van der Waals surface area contributed by atoms with Gasteiger partial charge in [0, 0.05) is 16.6 Å². The number of halogens is 1. The minimum absolute atomic E-state index is 0.470. The minimum Gasteiger partial charge on any atom is -0.457 e. The van der Waals surface area contributed by atoms with E-state index in [4.69, 9.17) is 10.5 Å². The van der Waals surface area contributed by atoms with Gasteiger partial charge in [-0.3, -0.25) is 0 Å². The second-order valence-electron chi connectivity index (χ2n) is 5.07. The molecule has 0 aliphatic rings. The van der Waals surface area contributed by atoms with E-state index in [0.717, 1.165) is 26.9 Å². The van der Waals surface area contributed by atoms with E-state index in [-0.39, 0.29) is 0 Å². The van der Waals surface area contributed by atoms with Crippen molar-refractivity contribution < 1.29 is 4.74 Å². The van der Waals surface area contributed by atoms with Gasteiger partial charge in [0.25, 0.3) is 0 Å². The zero-order valence-electron chi connectivity index (χ0n) is 11.8. The summed E-state index contributed by atoms with van der Waals surface area (Å²) in [5, 5.41) is 2.33. The number of hydrogen-bond acceptors (Lipinski definition) is 2. The van der Waals surface area contributed by atoms with Gasteiger partial charge in [0.05, 0.1) is 0 Å². The van der Waals surface area contributed by atoms with Gasteiger partial charge in [0.1, 0.15) is 11.5 Å². The molecule has 3 aromatic rings. The molecule has 0 aromatic heterocycles. The third-order valence-electron chi connectivity index (χ3n) is 3.44. The van der Waals surface area contributed by atoms with Crippen LogP contribution in [-0.2, 0) is 6.54 Å². The third-order valence-corrected chi connectivity index (χ3v) is 3.93. The average Bonchev–Trinajstić information content (AvgIpc) is 2.49. The lowest BCUT2D eigenvalue weighted by atomic mass is 10.1. The lowest BCUT2D eigenvalue weighted by Gasteiger charge is -2.11. The summed E-state index contributed by atoms with van der Waals surface area (Å²) in [4.78, 5) is 0. The van der Waals surface area contributed by atoms with Crippen LogP contribution in [0.2, 0.25) is 0 Å². The zero-order valence-corrected chi connectivity index (χ0v) is 13.4. The molecule has 0 heterocycles. The Morgan fingerprint density at radius 2 is 1.71 bits per heavy atom. The van der Waals surface area contributed by atoms with Gasteiger partial charge in [0.15, 0.2) is 0 Å². The monoisotopic (exact) mass is 341 g/mol. The van der Waals surface area contributed by atoms with Crippen molar-refractivity contribution in [2.24, 2.45) is 5.73 Å². The first-order valence-corrected chi connectivity index (χ1v) is 7.62. The Balaban J connectivity index is 1.96. The van der Waals surface area contributed by atoms with Gasteiger partial charge in [-0.15, -0.1) is 0 Å². The Hall–Kier alpha value is -1.84. The highest BCUT2D eigenvalue weighted by atomic mass is 79.9. The van der Waals surface area contributed by atoms with Gasteiger partial charge in [0.2, 0.25) is 0 Å². The van der Waals surface area contributed by atoms with Crippen LogP contribution in [0.4, 0.5) is 0 Å². The van der Waals surface area contributed by atoms with Crippen LogP contribution in [0, 0.1) is 6.92 Å². The highest BCUT2D eigenvalue weighted by Gasteiger charge is 2.05. The van der Waals surface area contributed by atoms with E-state index in [0.29, 0.717) is 6.54 Å². The second kappa shape index (κ2) is 5.88. The lowest BCUT2D eigenvalue weighted by Crippen LogP contribution is -2.00. The van der Waals surface area contributed by atoms with Crippen LogP contribution in [0.1, 0.15) is 11.1 Å². The van der Waals surface area contributed by atoms with Gasteiger partial charge in [-0.25, -0.2) is 0 Å². The van der Waals surface area contributed by atoms with Crippen molar-refractivity contribution in [2.45, 2.75) is 13.5 Å². The molecule has 0 aliphatic heterocycles. The summed E-state index contributed by atoms with van der Waals surface area (Å²) in [5.74, 6) is 1.64. The molecule has 3 heteroatoms. The van der Waals surface area contributed by atoms with Crippen molar-refractivity contribution in [3.05, 3.63) is 70.2 Å². The summed E-state index contributed by atoms with van der Waals surface area (Å²) in [5.41, 5.74) is 8.00. The average molecular weight is 342 g/mol. The van der Waals surface area contributed by atoms with E-state index < -0.39 is 0 Å². The minimum atomic E-state index is 0.470. The fraction of sp³-hybridized carbons (Fsp3) is 0.111. The molecule has 0 amide bonds. The van der Waals surface area contributed by atoms with E-state index in [1.54, 1.807) is 0 Å². The Morgan fingerprint density at radius 3 is 2.52 bits per heavy atom. The predicted molar refractivity (Wildman–Crippen MR) is 90.8 cm³/mol. The van der Waals surface area contributed by atoms with Crippen molar-refractivity contribution in [1.29, 1.82) is 0 Å². The van der Waals surface area contributed by atoms with Crippen LogP contribution in [0.3, 0.4) is 0 Å². The summed E-state index contributed by atoms with van der Waals surface area (Å²) in [6.45, 7) is 2.52. The van der Waals surface area contributed by atoms with Gasteiger partial charge < -0.3 is 10.5 Å². The van der Waals surface area contributed by atoms with Crippen molar-refractivity contribution >= 4 is 26.7 Å². The molecule has 2 nitrogen and oxygen atoms in total. The van der Waals surface area contributed by atoms with Crippen LogP contribution in [0.15, 0.2) is 59.1 Å². The van der Waals surface area contributed by atoms with Crippen molar-refractivity contribution in [3.8, 4) is 11.5 Å². The summed E-state index contributed by atoms with van der Waals surface area (Å²) < 4.78 is 7.08. The number of fused-ring (bicyclic) bond motifs is 1. The van der Waals surface area contributed by atoms with E-state index in [1.165, 1.54) is 10.9 Å². The van der Waals surface area contributed by atoms with E-state index in [2.05, 4.69) is 47.1 Å². The summed E-state index contributed by atoms with van der Waals surface area (Å²) in [6, 6.07) is 18.4. The van der Waals surface area contributed by atoms with Gasteiger partial charge in [-0.1, -0.05) is 45.8 Å². The number of rotatable bonds is 3. The molecule has 106 valence electrons. The molecule has 0 atom stereocenters. The Bertz CT molecular complexity index is 798. The molecule has 0 fully saturated rings. The maximum absolute atomic E-state index is 6.00. The van der Waals surface area contributed by atoms with E-state index in [1.807, 2.05) is 30.3 Å². The van der Waals surface area contributed by atoms with E-state index >= 15 is 0 Å². The molecule has 0 saturated carbocycles. The van der Waals surface area contributed by atoms with Crippen molar-refractivity contribution in [2.75, 3.05) is 0 Å². The Labute approximate surface area is 132 Å². The normalized spacial score (nSPS) is 10.8. The number of nitrogens with two attached hydrogens (primary N) is 1. The third kappa shape index (κ3) is 3.09. The standard InChI is InChI=1S/C18H16BrNO/c1-12-2-7-18(15(8-12)11-20)21-17-6-4-13-9-16(19)5-3-14(13)10-17/h2-10H,11,20H2,1H3. The van der Waals surface area contributed by atoms with Crippen LogP contribution in [0.5, 0.6) is 11.5 Å². The number of ether oxygens (including phenoxy) is 1. The first kappa shape index (κ1) is 14.1. The highest BCUT2D eigenvalue weighted by Crippen LogP contribution is 2.29. The highest BCUT2D eigenvalue weighted by molar-refractivity contribution is 9.10. The van der Waals surface area contributed by atoms with Gasteiger partial charge in [-0.2, -0.15) is 0 Å². The quantitative estimate of drug-likeness (QED) is 0.713. The smallest absolute Gasteiger partial charge is 0.131 e. The molecule has 3 aromatic carbocycles. The van der Waals surface area contributed by atoms with Crippen LogP contribution < -0.4 is 10.5 Å². The zero-order chi connectivity index (χ0) is 14.8. The first-order valence-electron chi connectivity index (χ1n) is 6.82. The molecule has 0 aliphatic carbocycles. The molecule has 0 spiro atoms. The van der Waals surface area contributed by atoms with Gasteiger partial charge in [-0.05, 0) is 48.0 Å². The summed E-state index contributed by atoms with van der Waals surface area (Å²) >= 11 is 3.49. The largest absolute Gasteiger partial charge is 0.457 e. The molecular formula is C18H16BrNO. The van der Waals surface area contributed by atoms with Crippen molar-refractivity contribution in [3.63, 3.8) is 0 Å². The number of aryl methyl sites for hydroxylation is 1. The first-order chi connectivity index (χ1) is 10.2. The summed E-state index contributed by atoms with van der Waals surface area (Å²) in [7, 11) is 0. The topological polar surface area (TPSA) is 35.2 Å². The predicted octanol–water partition coefficient (Wildman–Crippen LogP) is 5.16. The van der Waals surface area contributed by atoms with Crippen molar-refractivity contribution in [1.82, 2.24) is 0 Å². The Kier molecular flexibility index (Phi) is 3.95. The summed E-state index contributed by atoms with van der Waals surface area (Å²) in [6.07, 6.45) is 0. The fourth-order valence-electron chi connectivity index (χ4n) is 2.35. The molecule has 0 bridgehead atoms. The fourth-order valence-corrected chi connectivity index (χ4v) is 2.73. The molecule has 3 rings (SSSR count). The molecule has 21 heavy (non-hydrogen) atoms. The lowest BCUT2D eigenvalue weighted by molar-refractivity contribution is 0.477. The van der Waals surface area contributed by atoms with Crippen LogP contribution in [-0.4, -0.2) is 0 Å². The van der Waals surface area contributed by atoms with Crippen LogP contribution >= 0.6 is 15.9 Å². The second-order valence-corrected chi connectivity index (χ2v) is 5.99. The molecular weight excluding hydrogens is 326 g/mol. The maximum atomic E-state index is 6.00. The van der Waals surface area contributed by atoms with Gasteiger partial charge >= 0.3 is 0 Å². The SMILES string of the molecule is Cc1ccc(Oc2ccc3cc(Br)ccc3c2)c(CN)c1.